The Kier molecular flexibility index (Phi) is 5.51. The molecular formula is C19H11ClF4N2O2. The van der Waals surface area contributed by atoms with E-state index in [9.17, 15) is 22.4 Å². The summed E-state index contributed by atoms with van der Waals surface area (Å²) in [6.07, 6.45) is -3.34. The second-order valence-electron chi connectivity index (χ2n) is 5.55. The first-order valence-electron chi connectivity index (χ1n) is 7.80. The van der Waals surface area contributed by atoms with Gasteiger partial charge in [0, 0.05) is 23.0 Å². The summed E-state index contributed by atoms with van der Waals surface area (Å²) in [6, 6.07) is 11.5. The van der Waals surface area contributed by atoms with Crippen molar-refractivity contribution in [2.45, 2.75) is 6.36 Å². The monoisotopic (exact) mass is 410 g/mol. The van der Waals surface area contributed by atoms with Crippen LogP contribution in [0.4, 0.5) is 23.2 Å². The van der Waals surface area contributed by atoms with Gasteiger partial charge in [-0.05, 0) is 54.6 Å². The summed E-state index contributed by atoms with van der Waals surface area (Å²) in [5.41, 5.74) is 0.616. The maximum Gasteiger partial charge on any atom is 0.573 e. The standard InChI is InChI=1S/C19H11ClF4N2O2/c20-15-2-1-9-25-17(15)14-8-3-11(10-16(14)21)18(27)26-12-4-6-13(7-5-12)28-19(22,23)24/h1-10H,(H,26,27). The SMILES string of the molecule is O=C(Nc1ccc(OC(F)(F)F)cc1)c1ccc(-c2ncccc2Cl)c(F)c1. The minimum Gasteiger partial charge on any atom is -0.406 e. The topological polar surface area (TPSA) is 51.2 Å². The highest BCUT2D eigenvalue weighted by Crippen LogP contribution is 2.28. The van der Waals surface area contributed by atoms with Gasteiger partial charge >= 0.3 is 6.36 Å². The second-order valence-corrected chi connectivity index (χ2v) is 5.96. The molecule has 3 aromatic rings. The molecule has 0 spiro atoms. The molecule has 0 unspecified atom stereocenters. The molecule has 0 fully saturated rings. The predicted molar refractivity (Wildman–Crippen MR) is 95.7 cm³/mol. The molecule has 3 rings (SSSR count). The van der Waals surface area contributed by atoms with Crippen LogP contribution >= 0.6 is 11.6 Å². The third-order valence-corrected chi connectivity index (χ3v) is 3.90. The third-order valence-electron chi connectivity index (χ3n) is 3.59. The van der Waals surface area contributed by atoms with Crippen molar-refractivity contribution >= 4 is 23.2 Å². The van der Waals surface area contributed by atoms with Crippen LogP contribution in [-0.4, -0.2) is 17.3 Å². The van der Waals surface area contributed by atoms with Crippen LogP contribution in [0, 0.1) is 5.82 Å². The minimum absolute atomic E-state index is 0.0175. The predicted octanol–water partition coefficient (Wildman–Crippen LogP) is 5.69. The van der Waals surface area contributed by atoms with E-state index < -0.39 is 23.8 Å². The average molecular weight is 411 g/mol. The van der Waals surface area contributed by atoms with Crippen molar-refractivity contribution in [3.8, 4) is 17.0 Å². The van der Waals surface area contributed by atoms with Crippen LogP contribution in [0.5, 0.6) is 5.75 Å². The Morgan fingerprint density at radius 1 is 1.07 bits per heavy atom. The maximum atomic E-state index is 14.4. The van der Waals surface area contributed by atoms with Gasteiger partial charge in [-0.2, -0.15) is 0 Å². The zero-order valence-corrected chi connectivity index (χ0v) is 14.7. The van der Waals surface area contributed by atoms with E-state index in [1.54, 1.807) is 12.1 Å². The van der Waals surface area contributed by atoms with E-state index in [-0.39, 0.29) is 27.5 Å². The lowest BCUT2D eigenvalue weighted by molar-refractivity contribution is -0.274. The molecule has 0 saturated heterocycles. The van der Waals surface area contributed by atoms with E-state index in [1.807, 2.05) is 0 Å². The molecular weight excluding hydrogens is 400 g/mol. The number of benzene rings is 2. The number of hydrogen-bond donors (Lipinski definition) is 1. The van der Waals surface area contributed by atoms with Crippen molar-refractivity contribution in [1.82, 2.24) is 4.98 Å². The first-order chi connectivity index (χ1) is 13.2. The van der Waals surface area contributed by atoms with Crippen molar-refractivity contribution < 1.29 is 27.1 Å². The molecule has 144 valence electrons. The molecule has 0 bridgehead atoms. The molecule has 4 nitrogen and oxygen atoms in total. The first-order valence-corrected chi connectivity index (χ1v) is 8.18. The van der Waals surface area contributed by atoms with Crippen LogP contribution in [0.15, 0.2) is 60.8 Å². The number of hydrogen-bond acceptors (Lipinski definition) is 3. The Hall–Kier alpha value is -3.13. The molecule has 0 atom stereocenters. The summed E-state index contributed by atoms with van der Waals surface area (Å²) in [6.45, 7) is 0. The van der Waals surface area contributed by atoms with Gasteiger partial charge in [0.25, 0.3) is 5.91 Å². The van der Waals surface area contributed by atoms with Gasteiger partial charge < -0.3 is 10.1 Å². The van der Waals surface area contributed by atoms with Crippen LogP contribution in [0.1, 0.15) is 10.4 Å². The van der Waals surface area contributed by atoms with Gasteiger partial charge in [0.15, 0.2) is 0 Å². The number of alkyl halides is 3. The highest BCUT2D eigenvalue weighted by Gasteiger charge is 2.31. The van der Waals surface area contributed by atoms with Crippen LogP contribution in [0.2, 0.25) is 5.02 Å². The molecule has 1 N–H and O–H groups in total. The Bertz CT molecular complexity index is 1010. The van der Waals surface area contributed by atoms with E-state index in [0.29, 0.717) is 0 Å². The van der Waals surface area contributed by atoms with Gasteiger partial charge in [-0.15, -0.1) is 13.2 Å². The average Bonchev–Trinajstić information content (AvgIpc) is 2.63. The maximum absolute atomic E-state index is 14.4. The van der Waals surface area contributed by atoms with Crippen LogP contribution in [-0.2, 0) is 0 Å². The summed E-state index contributed by atoms with van der Waals surface area (Å²) in [7, 11) is 0. The van der Waals surface area contributed by atoms with Crippen LogP contribution in [0.3, 0.4) is 0 Å². The molecule has 28 heavy (non-hydrogen) atoms. The van der Waals surface area contributed by atoms with Gasteiger partial charge in [0.1, 0.15) is 11.6 Å². The largest absolute Gasteiger partial charge is 0.573 e. The molecule has 2 aromatic carbocycles. The van der Waals surface area contributed by atoms with Gasteiger partial charge in [-0.1, -0.05) is 11.6 Å². The van der Waals surface area contributed by atoms with Crippen molar-refractivity contribution in [2.24, 2.45) is 0 Å². The number of nitrogens with zero attached hydrogens (tertiary/aromatic N) is 1. The number of anilines is 1. The van der Waals surface area contributed by atoms with Gasteiger partial charge in [-0.25, -0.2) is 4.39 Å². The van der Waals surface area contributed by atoms with Crippen molar-refractivity contribution in [1.29, 1.82) is 0 Å². The fourth-order valence-electron chi connectivity index (χ4n) is 2.38. The zero-order chi connectivity index (χ0) is 20.3. The molecule has 0 saturated carbocycles. The smallest absolute Gasteiger partial charge is 0.406 e. The van der Waals surface area contributed by atoms with E-state index in [4.69, 9.17) is 11.6 Å². The molecule has 0 aliphatic heterocycles. The molecule has 0 aliphatic carbocycles. The second kappa shape index (κ2) is 7.85. The fraction of sp³-hybridized carbons (Fsp3) is 0.0526. The Balaban J connectivity index is 1.75. The normalized spacial score (nSPS) is 11.2. The number of ether oxygens (including phenoxy) is 1. The highest BCUT2D eigenvalue weighted by atomic mass is 35.5. The Morgan fingerprint density at radius 3 is 2.39 bits per heavy atom. The Labute approximate surface area is 161 Å². The number of pyridine rings is 1. The first kappa shape index (κ1) is 19.6. The molecule has 1 aromatic heterocycles. The quantitative estimate of drug-likeness (QED) is 0.562. The van der Waals surface area contributed by atoms with Crippen molar-refractivity contribution in [3.05, 3.63) is 77.2 Å². The van der Waals surface area contributed by atoms with Crippen molar-refractivity contribution in [2.75, 3.05) is 5.32 Å². The molecule has 0 radical (unpaired) electrons. The number of carbonyl (C=O) groups is 1. The lowest BCUT2D eigenvalue weighted by Crippen LogP contribution is -2.17. The van der Waals surface area contributed by atoms with E-state index in [2.05, 4.69) is 15.0 Å². The number of halogens is 5. The number of aromatic nitrogens is 1. The van der Waals surface area contributed by atoms with Gasteiger partial charge in [0.05, 0.1) is 10.7 Å². The summed E-state index contributed by atoms with van der Waals surface area (Å²) in [4.78, 5) is 16.3. The highest BCUT2D eigenvalue weighted by molar-refractivity contribution is 6.33. The van der Waals surface area contributed by atoms with Gasteiger partial charge in [-0.3, -0.25) is 9.78 Å². The molecule has 9 heteroatoms. The minimum atomic E-state index is -4.81. The van der Waals surface area contributed by atoms with Crippen molar-refractivity contribution in [3.63, 3.8) is 0 Å². The number of amides is 1. The van der Waals surface area contributed by atoms with Crippen LogP contribution in [0.25, 0.3) is 11.3 Å². The third kappa shape index (κ3) is 4.77. The van der Waals surface area contributed by atoms with Gasteiger partial charge in [0.2, 0.25) is 0 Å². The Morgan fingerprint density at radius 2 is 1.79 bits per heavy atom. The summed E-state index contributed by atoms with van der Waals surface area (Å²) >= 11 is 6.00. The number of nitrogens with one attached hydrogen (secondary N) is 1. The van der Waals surface area contributed by atoms with E-state index in [0.717, 1.165) is 18.2 Å². The molecule has 1 heterocycles. The van der Waals surface area contributed by atoms with E-state index in [1.165, 1.54) is 30.5 Å². The zero-order valence-electron chi connectivity index (χ0n) is 13.9. The van der Waals surface area contributed by atoms with E-state index >= 15 is 0 Å². The lowest BCUT2D eigenvalue weighted by atomic mass is 10.1. The summed E-state index contributed by atoms with van der Waals surface area (Å²) < 4.78 is 54.6. The fourth-order valence-corrected chi connectivity index (χ4v) is 2.60. The summed E-state index contributed by atoms with van der Waals surface area (Å²) in [5, 5.41) is 2.73. The number of carbonyl (C=O) groups excluding carboxylic acids is 1. The number of rotatable bonds is 4. The lowest BCUT2D eigenvalue weighted by Gasteiger charge is -2.10. The summed E-state index contributed by atoms with van der Waals surface area (Å²) in [5.74, 6) is -1.75. The molecule has 1 amide bonds. The van der Waals surface area contributed by atoms with Crippen LogP contribution < -0.4 is 10.1 Å². The molecule has 0 aliphatic rings.